The van der Waals surface area contributed by atoms with Crippen LogP contribution in [0.3, 0.4) is 0 Å². The third kappa shape index (κ3) is 2.23. The smallest absolute Gasteiger partial charge is 0.254 e. The number of benzene rings is 1. The number of carbonyl (C=O) groups excluding carboxylic acids is 1. The normalized spacial score (nSPS) is 21.3. The highest BCUT2D eigenvalue weighted by Crippen LogP contribution is 2.41. The molecule has 0 saturated heterocycles. The van der Waals surface area contributed by atoms with E-state index in [4.69, 9.17) is 0 Å². The molecule has 0 radical (unpaired) electrons. The van der Waals surface area contributed by atoms with Gasteiger partial charge < -0.3 is 4.90 Å². The molecular formula is C17H21NO. The molecule has 2 nitrogen and oxygen atoms in total. The van der Waals surface area contributed by atoms with E-state index >= 15 is 0 Å². The molecule has 1 unspecified atom stereocenters. The highest BCUT2D eigenvalue weighted by atomic mass is 16.2. The Labute approximate surface area is 115 Å². The van der Waals surface area contributed by atoms with Crippen LogP contribution in [0, 0.1) is 0 Å². The molecule has 1 aromatic carbocycles. The number of allylic oxidation sites excluding steroid dienone is 1. The summed E-state index contributed by atoms with van der Waals surface area (Å²) >= 11 is 0. The number of unbranched alkanes of at least 4 members (excludes halogenated alkanes) is 1. The molecule has 0 fully saturated rings. The second-order valence-corrected chi connectivity index (χ2v) is 5.20. The first-order chi connectivity index (χ1) is 9.15. The molecule has 19 heavy (non-hydrogen) atoms. The Kier molecular flexibility index (Phi) is 3.89. The van der Waals surface area contributed by atoms with E-state index in [0.717, 1.165) is 36.9 Å². The van der Waals surface area contributed by atoms with Crippen LogP contribution in [0.2, 0.25) is 0 Å². The number of amides is 1. The van der Waals surface area contributed by atoms with Crippen LogP contribution in [0.4, 0.5) is 0 Å². The zero-order valence-corrected chi connectivity index (χ0v) is 11.6. The Hall–Kier alpha value is -1.83. The molecule has 0 aliphatic carbocycles. The van der Waals surface area contributed by atoms with Gasteiger partial charge in [0, 0.05) is 12.1 Å². The fourth-order valence-corrected chi connectivity index (χ4v) is 2.90. The minimum absolute atomic E-state index is 0.143. The molecular weight excluding hydrogens is 234 g/mol. The number of fused-ring (bicyclic) bond motifs is 1. The van der Waals surface area contributed by atoms with Crippen molar-refractivity contribution in [3.63, 3.8) is 0 Å². The van der Waals surface area contributed by atoms with E-state index in [2.05, 4.69) is 26.1 Å². The maximum Gasteiger partial charge on any atom is 0.254 e. The zero-order chi connectivity index (χ0) is 13.9. The van der Waals surface area contributed by atoms with Gasteiger partial charge in [-0.05, 0) is 37.8 Å². The summed E-state index contributed by atoms with van der Waals surface area (Å²) in [5.41, 5.74) is 1.71. The van der Waals surface area contributed by atoms with E-state index < -0.39 is 0 Å². The zero-order valence-electron chi connectivity index (χ0n) is 11.6. The Morgan fingerprint density at radius 2 is 2.00 bits per heavy atom. The molecule has 1 amide bonds. The van der Waals surface area contributed by atoms with Gasteiger partial charge in [-0.25, -0.2) is 0 Å². The largest absolute Gasteiger partial charge is 0.329 e. The van der Waals surface area contributed by atoms with Crippen LogP contribution < -0.4 is 0 Å². The van der Waals surface area contributed by atoms with E-state index in [-0.39, 0.29) is 11.4 Å². The molecule has 1 aliphatic heterocycles. The number of hydrogen-bond acceptors (Lipinski definition) is 1. The van der Waals surface area contributed by atoms with Gasteiger partial charge in [0.25, 0.3) is 5.91 Å². The SMILES string of the molecule is C=CCCCN1C(=O)c2ccccc2C1(C)CC=C. The van der Waals surface area contributed by atoms with Crippen molar-refractivity contribution < 1.29 is 4.79 Å². The van der Waals surface area contributed by atoms with Crippen LogP contribution in [0.25, 0.3) is 0 Å². The van der Waals surface area contributed by atoms with Crippen molar-refractivity contribution in [1.29, 1.82) is 0 Å². The van der Waals surface area contributed by atoms with Gasteiger partial charge in [-0.1, -0.05) is 30.4 Å². The van der Waals surface area contributed by atoms with E-state index in [1.54, 1.807) is 0 Å². The summed E-state index contributed by atoms with van der Waals surface area (Å²) in [6.07, 6.45) is 6.47. The number of carbonyl (C=O) groups is 1. The van der Waals surface area contributed by atoms with E-state index in [0.29, 0.717) is 0 Å². The monoisotopic (exact) mass is 255 g/mol. The fourth-order valence-electron chi connectivity index (χ4n) is 2.90. The quantitative estimate of drug-likeness (QED) is 0.557. The van der Waals surface area contributed by atoms with Crippen LogP contribution in [-0.2, 0) is 5.54 Å². The van der Waals surface area contributed by atoms with Gasteiger partial charge in [-0.3, -0.25) is 4.79 Å². The third-order valence-corrected chi connectivity index (χ3v) is 3.91. The lowest BCUT2D eigenvalue weighted by Gasteiger charge is -2.35. The lowest BCUT2D eigenvalue weighted by Crippen LogP contribution is -2.41. The van der Waals surface area contributed by atoms with E-state index in [1.165, 1.54) is 0 Å². The second-order valence-electron chi connectivity index (χ2n) is 5.20. The molecule has 0 bridgehead atoms. The van der Waals surface area contributed by atoms with Gasteiger partial charge in [0.1, 0.15) is 0 Å². The summed E-state index contributed by atoms with van der Waals surface area (Å²) in [5.74, 6) is 0.143. The fraction of sp³-hybridized carbons (Fsp3) is 0.353. The molecule has 0 aromatic heterocycles. The number of nitrogens with zero attached hydrogens (tertiary/aromatic N) is 1. The summed E-state index contributed by atoms with van der Waals surface area (Å²) < 4.78 is 0. The van der Waals surface area contributed by atoms with Gasteiger partial charge in [0.2, 0.25) is 0 Å². The van der Waals surface area contributed by atoms with Gasteiger partial charge >= 0.3 is 0 Å². The average molecular weight is 255 g/mol. The average Bonchev–Trinajstić information content (AvgIpc) is 2.62. The Morgan fingerprint density at radius 3 is 2.68 bits per heavy atom. The third-order valence-electron chi connectivity index (χ3n) is 3.91. The maximum absolute atomic E-state index is 12.5. The lowest BCUT2D eigenvalue weighted by molar-refractivity contribution is 0.0586. The predicted molar refractivity (Wildman–Crippen MR) is 79.1 cm³/mol. The summed E-state index contributed by atoms with van der Waals surface area (Å²) in [7, 11) is 0. The van der Waals surface area contributed by atoms with Gasteiger partial charge in [-0.2, -0.15) is 0 Å². The summed E-state index contributed by atoms with van der Waals surface area (Å²) in [6.45, 7) is 10.5. The molecule has 1 aromatic rings. The van der Waals surface area contributed by atoms with Crippen LogP contribution in [0.5, 0.6) is 0 Å². The summed E-state index contributed by atoms with van der Waals surface area (Å²) in [4.78, 5) is 14.5. The molecule has 2 rings (SSSR count). The van der Waals surface area contributed by atoms with Crippen LogP contribution in [0.1, 0.15) is 42.1 Å². The predicted octanol–water partition coefficient (Wildman–Crippen LogP) is 3.90. The standard InChI is InChI=1S/C17H21NO/c1-4-6-9-13-18-16(19)14-10-7-8-11-15(14)17(18,3)12-5-2/h4-5,7-8,10-11H,1-2,6,9,12-13H2,3H3. The van der Waals surface area contributed by atoms with Crippen LogP contribution in [0.15, 0.2) is 49.6 Å². The van der Waals surface area contributed by atoms with Crippen molar-refractivity contribution in [2.45, 2.75) is 31.7 Å². The van der Waals surface area contributed by atoms with Crippen molar-refractivity contribution in [3.05, 3.63) is 60.7 Å². The molecule has 100 valence electrons. The van der Waals surface area contributed by atoms with Crippen LogP contribution >= 0.6 is 0 Å². The highest BCUT2D eigenvalue weighted by molar-refractivity contribution is 6.00. The van der Waals surface area contributed by atoms with Gasteiger partial charge in [0.15, 0.2) is 0 Å². The van der Waals surface area contributed by atoms with Crippen LogP contribution in [-0.4, -0.2) is 17.4 Å². The van der Waals surface area contributed by atoms with Crippen molar-refractivity contribution >= 4 is 5.91 Å². The minimum atomic E-state index is -0.253. The van der Waals surface area contributed by atoms with Crippen molar-refractivity contribution in [3.8, 4) is 0 Å². The topological polar surface area (TPSA) is 20.3 Å². The lowest BCUT2D eigenvalue weighted by atomic mass is 9.88. The van der Waals surface area contributed by atoms with Gasteiger partial charge in [0.05, 0.1) is 5.54 Å². The molecule has 1 aliphatic rings. The molecule has 0 spiro atoms. The van der Waals surface area contributed by atoms with Crippen molar-refractivity contribution in [2.24, 2.45) is 0 Å². The Balaban J connectivity index is 2.35. The first kappa shape index (κ1) is 13.6. The summed E-state index contributed by atoms with van der Waals surface area (Å²) in [5, 5.41) is 0. The maximum atomic E-state index is 12.5. The number of hydrogen-bond donors (Lipinski definition) is 0. The summed E-state index contributed by atoms with van der Waals surface area (Å²) in [6, 6.07) is 7.91. The minimum Gasteiger partial charge on any atom is -0.329 e. The Morgan fingerprint density at radius 1 is 1.26 bits per heavy atom. The van der Waals surface area contributed by atoms with Crippen molar-refractivity contribution in [1.82, 2.24) is 4.90 Å². The molecule has 0 saturated carbocycles. The molecule has 1 heterocycles. The van der Waals surface area contributed by atoms with E-state index in [1.807, 2.05) is 35.3 Å². The van der Waals surface area contributed by atoms with E-state index in [9.17, 15) is 4.79 Å². The Bertz CT molecular complexity index is 506. The highest BCUT2D eigenvalue weighted by Gasteiger charge is 2.44. The second kappa shape index (κ2) is 5.43. The first-order valence-corrected chi connectivity index (χ1v) is 6.78. The first-order valence-electron chi connectivity index (χ1n) is 6.78. The van der Waals surface area contributed by atoms with Gasteiger partial charge in [-0.15, -0.1) is 13.2 Å². The molecule has 2 heteroatoms. The number of rotatable bonds is 6. The molecule has 0 N–H and O–H groups in total. The van der Waals surface area contributed by atoms with Crippen molar-refractivity contribution in [2.75, 3.05) is 6.54 Å². The molecule has 1 atom stereocenters.